The maximum atomic E-state index is 12.9. The average molecular weight is 341 g/mol. The Morgan fingerprint density at radius 1 is 1.29 bits per heavy atom. The van der Waals surface area contributed by atoms with Gasteiger partial charge in [0.05, 0.1) is 24.1 Å². The zero-order chi connectivity index (χ0) is 16.5. The monoisotopic (exact) mass is 340 g/mol. The van der Waals surface area contributed by atoms with Crippen LogP contribution in [0.5, 0.6) is 0 Å². The summed E-state index contributed by atoms with van der Waals surface area (Å²) in [5, 5.41) is 4.17. The molecule has 0 saturated carbocycles. The highest BCUT2D eigenvalue weighted by Gasteiger charge is 2.25. The maximum Gasteiger partial charge on any atom is 0.254 e. The van der Waals surface area contributed by atoms with Crippen molar-refractivity contribution in [2.75, 3.05) is 19.6 Å². The zero-order valence-electron chi connectivity index (χ0n) is 13.0. The number of halogens is 1. The topological polar surface area (TPSA) is 49.6 Å². The molecule has 3 heterocycles. The van der Waals surface area contributed by atoms with Crippen LogP contribution in [-0.2, 0) is 0 Å². The first-order valence-electron chi connectivity index (χ1n) is 7.90. The molecule has 3 aromatic rings. The third-order valence-corrected chi connectivity index (χ3v) is 4.61. The van der Waals surface area contributed by atoms with Gasteiger partial charge in [-0.3, -0.25) is 4.79 Å². The van der Waals surface area contributed by atoms with Crippen LogP contribution in [0.4, 0.5) is 0 Å². The first-order valence-corrected chi connectivity index (χ1v) is 8.28. The van der Waals surface area contributed by atoms with Crippen LogP contribution in [0.1, 0.15) is 22.0 Å². The van der Waals surface area contributed by atoms with Gasteiger partial charge in [-0.1, -0.05) is 23.7 Å². The third kappa shape index (κ3) is 2.88. The second kappa shape index (κ2) is 6.26. The molecule has 5 nitrogen and oxygen atoms in total. The summed E-state index contributed by atoms with van der Waals surface area (Å²) in [5.74, 6) is 0.0484. The van der Waals surface area contributed by atoms with Gasteiger partial charge in [-0.05, 0) is 29.8 Å². The second-order valence-corrected chi connectivity index (χ2v) is 6.39. The van der Waals surface area contributed by atoms with Crippen LogP contribution in [-0.4, -0.2) is 39.8 Å². The van der Waals surface area contributed by atoms with E-state index in [4.69, 9.17) is 11.6 Å². The quantitative estimate of drug-likeness (QED) is 0.780. The Labute approximate surface area is 144 Å². The highest BCUT2D eigenvalue weighted by molar-refractivity contribution is 6.30. The molecule has 1 unspecified atom stereocenters. The number of rotatable bonds is 2. The minimum absolute atomic E-state index is 0.0484. The molecular formula is C18H17ClN4O. The van der Waals surface area contributed by atoms with Crippen molar-refractivity contribution in [3.05, 3.63) is 71.3 Å². The first-order chi connectivity index (χ1) is 11.7. The van der Waals surface area contributed by atoms with E-state index in [9.17, 15) is 4.79 Å². The van der Waals surface area contributed by atoms with Crippen molar-refractivity contribution in [1.29, 1.82) is 0 Å². The lowest BCUT2D eigenvalue weighted by Crippen LogP contribution is -2.48. The number of fused-ring (bicyclic) bond motifs is 1. The molecule has 1 aromatic carbocycles. The summed E-state index contributed by atoms with van der Waals surface area (Å²) in [4.78, 5) is 18.8. The summed E-state index contributed by atoms with van der Waals surface area (Å²) in [6, 6.07) is 11.6. The van der Waals surface area contributed by atoms with Crippen molar-refractivity contribution in [2.24, 2.45) is 0 Å². The van der Waals surface area contributed by atoms with Gasteiger partial charge in [-0.25, -0.2) is 4.98 Å². The van der Waals surface area contributed by atoms with Gasteiger partial charge in [0.1, 0.15) is 0 Å². The Bertz CT molecular complexity index is 891. The predicted octanol–water partition coefficient (Wildman–Crippen LogP) is 2.77. The van der Waals surface area contributed by atoms with E-state index in [1.54, 1.807) is 12.5 Å². The number of benzene rings is 1. The van der Waals surface area contributed by atoms with Crippen molar-refractivity contribution in [3.63, 3.8) is 0 Å². The molecule has 1 N–H and O–H groups in total. The van der Waals surface area contributed by atoms with Crippen LogP contribution in [0.2, 0.25) is 5.02 Å². The van der Waals surface area contributed by atoms with Gasteiger partial charge in [0.25, 0.3) is 5.91 Å². The highest BCUT2D eigenvalue weighted by atomic mass is 35.5. The summed E-state index contributed by atoms with van der Waals surface area (Å²) in [5.41, 5.74) is 2.71. The van der Waals surface area contributed by atoms with E-state index in [2.05, 4.69) is 10.3 Å². The van der Waals surface area contributed by atoms with Crippen LogP contribution in [0, 0.1) is 0 Å². The van der Waals surface area contributed by atoms with Crippen LogP contribution >= 0.6 is 11.6 Å². The number of aromatic nitrogens is 2. The minimum Gasteiger partial charge on any atom is -0.335 e. The summed E-state index contributed by atoms with van der Waals surface area (Å²) in [6.45, 7) is 2.09. The zero-order valence-corrected chi connectivity index (χ0v) is 13.8. The number of amides is 1. The first kappa shape index (κ1) is 15.2. The van der Waals surface area contributed by atoms with E-state index in [-0.39, 0.29) is 11.9 Å². The van der Waals surface area contributed by atoms with Crippen LogP contribution in [0.3, 0.4) is 0 Å². The molecule has 0 spiro atoms. The third-order valence-electron chi connectivity index (χ3n) is 4.37. The van der Waals surface area contributed by atoms with Crippen molar-refractivity contribution in [1.82, 2.24) is 19.6 Å². The van der Waals surface area contributed by atoms with E-state index in [0.717, 1.165) is 17.6 Å². The number of carbonyl (C=O) groups excluding carboxylic acids is 1. The number of nitrogens with one attached hydrogen (secondary N) is 1. The second-order valence-electron chi connectivity index (χ2n) is 5.95. The number of hydrogen-bond donors (Lipinski definition) is 1. The number of imidazole rings is 1. The van der Waals surface area contributed by atoms with Gasteiger partial charge in [0.2, 0.25) is 0 Å². The molecule has 2 aromatic heterocycles. The Morgan fingerprint density at radius 2 is 2.21 bits per heavy atom. The van der Waals surface area contributed by atoms with Crippen LogP contribution in [0.25, 0.3) is 5.52 Å². The lowest BCUT2D eigenvalue weighted by atomic mass is 10.0. The molecule has 6 heteroatoms. The number of pyridine rings is 1. The molecular weight excluding hydrogens is 324 g/mol. The molecule has 1 saturated heterocycles. The van der Waals surface area contributed by atoms with Gasteiger partial charge in [0.15, 0.2) is 0 Å². The lowest BCUT2D eigenvalue weighted by molar-refractivity contribution is 0.0703. The normalized spacial score (nSPS) is 18.0. The van der Waals surface area contributed by atoms with E-state index in [1.807, 2.05) is 51.9 Å². The summed E-state index contributed by atoms with van der Waals surface area (Å²) >= 11 is 6.09. The van der Waals surface area contributed by atoms with Crippen LogP contribution in [0.15, 0.2) is 55.1 Å². The maximum absolute atomic E-state index is 12.9. The molecule has 0 bridgehead atoms. The standard InChI is InChI=1S/C18H17ClN4O/c19-15-3-1-2-13(8-15)17-11-22(7-5-21-17)18(24)14-4-6-23-12-20-10-16(23)9-14/h1-4,6,8-10,12,17,21H,5,7,11H2. The Balaban J connectivity index is 1.55. The molecule has 0 aliphatic carbocycles. The molecule has 1 amide bonds. The largest absolute Gasteiger partial charge is 0.335 e. The smallest absolute Gasteiger partial charge is 0.254 e. The minimum atomic E-state index is 0.0484. The number of hydrogen-bond acceptors (Lipinski definition) is 3. The van der Waals surface area contributed by atoms with Crippen molar-refractivity contribution in [2.45, 2.75) is 6.04 Å². The van der Waals surface area contributed by atoms with E-state index < -0.39 is 0 Å². The fourth-order valence-electron chi connectivity index (χ4n) is 3.12. The average Bonchev–Trinajstić information content (AvgIpc) is 3.09. The predicted molar refractivity (Wildman–Crippen MR) is 93.3 cm³/mol. The van der Waals surface area contributed by atoms with Crippen molar-refractivity contribution < 1.29 is 4.79 Å². The number of piperazine rings is 1. The van der Waals surface area contributed by atoms with Crippen molar-refractivity contribution >= 4 is 23.0 Å². The van der Waals surface area contributed by atoms with E-state index >= 15 is 0 Å². The Morgan fingerprint density at radius 3 is 3.08 bits per heavy atom. The number of carbonyl (C=O) groups is 1. The van der Waals surface area contributed by atoms with E-state index in [0.29, 0.717) is 23.7 Å². The van der Waals surface area contributed by atoms with Gasteiger partial charge >= 0.3 is 0 Å². The van der Waals surface area contributed by atoms with E-state index in [1.165, 1.54) is 0 Å². The van der Waals surface area contributed by atoms with Gasteiger partial charge in [0, 0.05) is 36.4 Å². The molecule has 0 radical (unpaired) electrons. The van der Waals surface area contributed by atoms with Crippen LogP contribution < -0.4 is 5.32 Å². The number of nitrogens with zero attached hydrogens (tertiary/aromatic N) is 3. The SMILES string of the molecule is O=C(c1ccn2cncc2c1)N1CCNC(c2cccc(Cl)c2)C1. The molecule has 1 aliphatic heterocycles. The van der Waals surface area contributed by atoms with Crippen molar-refractivity contribution in [3.8, 4) is 0 Å². The highest BCUT2D eigenvalue weighted by Crippen LogP contribution is 2.22. The molecule has 24 heavy (non-hydrogen) atoms. The fourth-order valence-corrected chi connectivity index (χ4v) is 3.31. The molecule has 1 aliphatic rings. The Hall–Kier alpha value is -2.37. The van der Waals surface area contributed by atoms with Gasteiger partial charge in [-0.2, -0.15) is 0 Å². The molecule has 1 atom stereocenters. The Kier molecular flexibility index (Phi) is 3.96. The molecule has 4 rings (SSSR count). The molecule has 122 valence electrons. The summed E-state index contributed by atoms with van der Waals surface area (Å²) < 4.78 is 1.89. The van der Waals surface area contributed by atoms with Gasteiger partial charge < -0.3 is 14.6 Å². The summed E-state index contributed by atoms with van der Waals surface area (Å²) in [6.07, 6.45) is 5.35. The molecule has 1 fully saturated rings. The van der Waals surface area contributed by atoms with Gasteiger partial charge in [-0.15, -0.1) is 0 Å². The fraction of sp³-hybridized carbons (Fsp3) is 0.222. The lowest BCUT2D eigenvalue weighted by Gasteiger charge is -2.34. The summed E-state index contributed by atoms with van der Waals surface area (Å²) in [7, 11) is 0.